The molecule has 1 amide bonds. The van der Waals surface area contributed by atoms with E-state index < -0.39 is 0 Å². The molecule has 3 aromatic rings. The van der Waals surface area contributed by atoms with E-state index in [2.05, 4.69) is 37.6 Å². The van der Waals surface area contributed by atoms with Crippen molar-refractivity contribution in [1.82, 2.24) is 14.0 Å². The van der Waals surface area contributed by atoms with Gasteiger partial charge in [0, 0.05) is 29.5 Å². The van der Waals surface area contributed by atoms with E-state index in [0.717, 1.165) is 30.6 Å². The molecule has 6 nitrogen and oxygen atoms in total. The lowest BCUT2D eigenvalue weighted by molar-refractivity contribution is -0.117. The predicted molar refractivity (Wildman–Crippen MR) is 120 cm³/mol. The third-order valence-electron chi connectivity index (χ3n) is 6.13. The Balaban J connectivity index is 1.55. The average Bonchev–Trinajstić information content (AvgIpc) is 3.49. The van der Waals surface area contributed by atoms with Crippen LogP contribution in [0.3, 0.4) is 0 Å². The molecule has 0 radical (unpaired) electrons. The summed E-state index contributed by atoms with van der Waals surface area (Å²) < 4.78 is 4.18. The molecule has 4 rings (SSSR count). The zero-order valence-corrected chi connectivity index (χ0v) is 18.5. The normalized spacial score (nSPS) is 16.7. The second-order valence-electron chi connectivity index (χ2n) is 7.93. The first-order valence-electron chi connectivity index (χ1n) is 10.3. The summed E-state index contributed by atoms with van der Waals surface area (Å²) in [6, 6.07) is 10.8. The number of nitriles is 1. The Morgan fingerprint density at radius 3 is 2.83 bits per heavy atom. The highest BCUT2D eigenvalue weighted by Crippen LogP contribution is 2.32. The minimum Gasteiger partial charge on any atom is -0.353 e. The van der Waals surface area contributed by atoms with Gasteiger partial charge in [-0.25, -0.2) is 0 Å². The summed E-state index contributed by atoms with van der Waals surface area (Å²) in [5.74, 6) is 0.540. The van der Waals surface area contributed by atoms with Gasteiger partial charge in [0.25, 0.3) is 0 Å². The summed E-state index contributed by atoms with van der Waals surface area (Å²) in [5.41, 5.74) is 3.73. The fourth-order valence-corrected chi connectivity index (χ4v) is 5.11. The van der Waals surface area contributed by atoms with Crippen molar-refractivity contribution in [3.63, 3.8) is 0 Å². The number of nitrogens with one attached hydrogen (secondary N) is 1. The number of nitrogens with zero attached hydrogens (tertiary/aromatic N) is 4. The van der Waals surface area contributed by atoms with Gasteiger partial charge >= 0.3 is 0 Å². The minimum absolute atomic E-state index is 0.0717. The Bertz CT molecular complexity index is 1090. The van der Waals surface area contributed by atoms with Gasteiger partial charge in [-0.1, -0.05) is 6.07 Å². The van der Waals surface area contributed by atoms with Crippen molar-refractivity contribution >= 4 is 23.1 Å². The molecule has 1 aliphatic rings. The summed E-state index contributed by atoms with van der Waals surface area (Å²) in [6.45, 7) is 5.83. The van der Waals surface area contributed by atoms with Crippen LogP contribution in [0.4, 0.5) is 5.82 Å². The van der Waals surface area contributed by atoms with E-state index in [0.29, 0.717) is 24.5 Å². The van der Waals surface area contributed by atoms with Gasteiger partial charge in [-0.15, -0.1) is 11.3 Å². The molecular formula is C23H27N5OS. The summed E-state index contributed by atoms with van der Waals surface area (Å²) in [4.78, 5) is 16.5. The van der Waals surface area contributed by atoms with Crippen molar-refractivity contribution in [2.45, 2.75) is 39.3 Å². The van der Waals surface area contributed by atoms with Crippen molar-refractivity contribution in [2.24, 2.45) is 7.05 Å². The van der Waals surface area contributed by atoms with Gasteiger partial charge in [0.05, 0.1) is 24.7 Å². The van der Waals surface area contributed by atoms with Crippen molar-refractivity contribution < 1.29 is 4.79 Å². The van der Waals surface area contributed by atoms with Crippen molar-refractivity contribution in [1.29, 1.82) is 5.26 Å². The number of aromatic nitrogens is 2. The smallest absolute Gasteiger partial charge is 0.239 e. The number of amides is 1. The van der Waals surface area contributed by atoms with E-state index in [1.807, 2.05) is 44.6 Å². The van der Waals surface area contributed by atoms with Gasteiger partial charge in [-0.3, -0.25) is 9.69 Å². The number of rotatable bonds is 6. The Labute approximate surface area is 181 Å². The van der Waals surface area contributed by atoms with Crippen LogP contribution in [-0.4, -0.2) is 33.0 Å². The molecular weight excluding hydrogens is 394 g/mol. The summed E-state index contributed by atoms with van der Waals surface area (Å²) in [6.07, 6.45) is 4.19. The fraction of sp³-hybridized carbons (Fsp3) is 0.391. The van der Waals surface area contributed by atoms with E-state index in [-0.39, 0.29) is 11.9 Å². The first kappa shape index (κ1) is 20.5. The average molecular weight is 422 g/mol. The molecule has 7 heteroatoms. The van der Waals surface area contributed by atoms with Crippen LogP contribution < -0.4 is 5.32 Å². The number of anilines is 1. The molecule has 1 aliphatic heterocycles. The molecule has 3 aromatic heterocycles. The number of carbonyl (C=O) groups is 1. The molecule has 0 aliphatic carbocycles. The van der Waals surface area contributed by atoms with Gasteiger partial charge in [-0.05, 0) is 62.4 Å². The Kier molecular flexibility index (Phi) is 5.80. The van der Waals surface area contributed by atoms with E-state index in [9.17, 15) is 10.1 Å². The molecule has 30 heavy (non-hydrogen) atoms. The Morgan fingerprint density at radius 1 is 1.33 bits per heavy atom. The highest BCUT2D eigenvalue weighted by Gasteiger charge is 2.29. The molecule has 156 valence electrons. The highest BCUT2D eigenvalue weighted by atomic mass is 32.1. The second kappa shape index (κ2) is 8.50. The maximum Gasteiger partial charge on any atom is 0.239 e. The summed E-state index contributed by atoms with van der Waals surface area (Å²) in [7, 11) is 2.05. The third kappa shape index (κ3) is 3.81. The van der Waals surface area contributed by atoms with Crippen LogP contribution in [-0.2, 0) is 18.4 Å². The van der Waals surface area contributed by atoms with Crippen molar-refractivity contribution in [2.75, 3.05) is 18.4 Å². The molecule has 1 atom stereocenters. The van der Waals surface area contributed by atoms with Crippen LogP contribution in [0.2, 0.25) is 0 Å². The Morgan fingerprint density at radius 2 is 2.17 bits per heavy atom. The molecule has 1 N–H and O–H groups in total. The molecule has 1 fully saturated rings. The summed E-state index contributed by atoms with van der Waals surface area (Å²) in [5, 5.41) is 14.8. The highest BCUT2D eigenvalue weighted by molar-refractivity contribution is 7.09. The van der Waals surface area contributed by atoms with Crippen molar-refractivity contribution in [3.05, 3.63) is 63.2 Å². The first-order valence-corrected chi connectivity index (χ1v) is 11.1. The van der Waals surface area contributed by atoms with Crippen LogP contribution in [0, 0.1) is 25.2 Å². The van der Waals surface area contributed by atoms with Crippen LogP contribution in [0.5, 0.6) is 0 Å². The molecule has 0 unspecified atom stereocenters. The number of carbonyl (C=O) groups excluding carboxylic acids is 1. The topological polar surface area (TPSA) is 66.0 Å². The minimum atomic E-state index is -0.0717. The maximum absolute atomic E-state index is 13.0. The standard InChI is InChI=1S/C23H27N5OS/c1-16-17(2)28(14-18-7-6-12-30-18)23(19(16)13-24)25-22(29)15-27-11-5-9-21(27)20-8-4-10-26(20)3/h4,6-8,10,12,21H,5,9,11,14-15H2,1-3H3,(H,25,29)/t21-/m0/s1. The van der Waals surface area contributed by atoms with E-state index in [1.54, 1.807) is 11.3 Å². The number of likely N-dealkylation sites (tertiary alicyclic amines) is 1. The fourth-order valence-electron chi connectivity index (χ4n) is 4.41. The maximum atomic E-state index is 13.0. The Hall–Kier alpha value is -2.82. The zero-order chi connectivity index (χ0) is 21.3. The number of aryl methyl sites for hydroxylation is 1. The second-order valence-corrected chi connectivity index (χ2v) is 8.96. The predicted octanol–water partition coefficient (Wildman–Crippen LogP) is 4.20. The van der Waals surface area contributed by atoms with Gasteiger partial charge in [0.15, 0.2) is 0 Å². The number of hydrogen-bond donors (Lipinski definition) is 1. The van der Waals surface area contributed by atoms with E-state index in [1.165, 1.54) is 10.6 Å². The SMILES string of the molecule is Cc1c(C#N)c(NC(=O)CN2CCC[C@H]2c2cccn2C)n(Cc2cccs2)c1C. The van der Waals surface area contributed by atoms with E-state index in [4.69, 9.17) is 0 Å². The van der Waals surface area contributed by atoms with Gasteiger partial charge in [0.2, 0.25) is 5.91 Å². The van der Waals surface area contributed by atoms with Crippen molar-refractivity contribution in [3.8, 4) is 6.07 Å². The lowest BCUT2D eigenvalue weighted by atomic mass is 10.1. The van der Waals surface area contributed by atoms with Gasteiger partial charge < -0.3 is 14.5 Å². The molecule has 1 saturated heterocycles. The van der Waals surface area contributed by atoms with Gasteiger partial charge in [-0.2, -0.15) is 5.26 Å². The first-order chi connectivity index (χ1) is 14.5. The molecule has 0 saturated carbocycles. The molecule has 4 heterocycles. The number of thiophene rings is 1. The lowest BCUT2D eigenvalue weighted by Crippen LogP contribution is -2.34. The third-order valence-corrected chi connectivity index (χ3v) is 6.99. The van der Waals surface area contributed by atoms with Gasteiger partial charge in [0.1, 0.15) is 11.9 Å². The molecule has 0 bridgehead atoms. The van der Waals surface area contributed by atoms with E-state index >= 15 is 0 Å². The molecule has 0 aromatic carbocycles. The molecule has 0 spiro atoms. The quantitative estimate of drug-likeness (QED) is 0.649. The van der Waals surface area contributed by atoms with Crippen LogP contribution in [0.1, 0.15) is 46.3 Å². The summed E-state index contributed by atoms with van der Waals surface area (Å²) >= 11 is 1.68. The lowest BCUT2D eigenvalue weighted by Gasteiger charge is -2.24. The zero-order valence-electron chi connectivity index (χ0n) is 17.7. The largest absolute Gasteiger partial charge is 0.353 e. The monoisotopic (exact) mass is 421 g/mol. The number of hydrogen-bond acceptors (Lipinski definition) is 4. The van der Waals surface area contributed by atoms with Crippen LogP contribution in [0.25, 0.3) is 0 Å². The van der Waals surface area contributed by atoms with Crippen LogP contribution in [0.15, 0.2) is 35.8 Å². The van der Waals surface area contributed by atoms with Crippen LogP contribution >= 0.6 is 11.3 Å².